The number of rotatable bonds is 3. The fourth-order valence-corrected chi connectivity index (χ4v) is 4.16. The molecule has 1 aromatic carbocycles. The molecule has 1 aromatic rings. The number of benzene rings is 1. The number of likely N-dealkylation sites (N-methyl/N-ethyl adjacent to an activating group) is 1. The minimum Gasteiger partial charge on any atom is -0.373 e. The summed E-state index contributed by atoms with van der Waals surface area (Å²) in [7, 11) is 2.08. The quantitative estimate of drug-likeness (QED) is 0.839. The van der Waals surface area contributed by atoms with Crippen molar-refractivity contribution in [2.75, 3.05) is 7.05 Å². The predicted octanol–water partition coefficient (Wildman–Crippen LogP) is 4.25. The average Bonchev–Trinajstić information content (AvgIpc) is 2.66. The monoisotopic (exact) mass is 287 g/mol. The van der Waals surface area contributed by atoms with Gasteiger partial charge in [0.15, 0.2) is 0 Å². The number of hydrogen-bond acceptors (Lipinski definition) is 2. The minimum absolute atomic E-state index is 0.328. The van der Waals surface area contributed by atoms with E-state index in [4.69, 9.17) is 4.74 Å². The van der Waals surface area contributed by atoms with Gasteiger partial charge in [-0.2, -0.15) is 0 Å². The van der Waals surface area contributed by atoms with Crippen LogP contribution >= 0.6 is 0 Å². The van der Waals surface area contributed by atoms with Crippen molar-refractivity contribution in [2.24, 2.45) is 5.92 Å². The summed E-state index contributed by atoms with van der Waals surface area (Å²) < 4.78 is 6.58. The van der Waals surface area contributed by atoms with Crippen LogP contribution in [0.25, 0.3) is 0 Å². The van der Waals surface area contributed by atoms with Crippen LogP contribution in [0.15, 0.2) is 24.3 Å². The Labute approximate surface area is 129 Å². The Hall–Kier alpha value is -0.860. The summed E-state index contributed by atoms with van der Waals surface area (Å²) in [5, 5.41) is 3.53. The summed E-state index contributed by atoms with van der Waals surface area (Å²) in [5.41, 5.74) is 2.95. The van der Waals surface area contributed by atoms with Crippen molar-refractivity contribution in [1.29, 1.82) is 0 Å². The van der Waals surface area contributed by atoms with E-state index in [1.807, 2.05) is 0 Å². The lowest BCUT2D eigenvalue weighted by Crippen LogP contribution is -2.35. The third-order valence-corrected chi connectivity index (χ3v) is 5.26. The van der Waals surface area contributed by atoms with Gasteiger partial charge in [0.2, 0.25) is 0 Å². The Morgan fingerprint density at radius 3 is 2.76 bits per heavy atom. The van der Waals surface area contributed by atoms with Crippen LogP contribution in [0.2, 0.25) is 0 Å². The van der Waals surface area contributed by atoms with Gasteiger partial charge in [0.1, 0.15) is 0 Å². The molecule has 0 heterocycles. The van der Waals surface area contributed by atoms with Crippen LogP contribution in [0.5, 0.6) is 0 Å². The smallest absolute Gasteiger partial charge is 0.0773 e. The van der Waals surface area contributed by atoms with E-state index < -0.39 is 0 Å². The van der Waals surface area contributed by atoms with Gasteiger partial charge in [-0.3, -0.25) is 0 Å². The fraction of sp³-hybridized carbons (Fsp3) is 0.684. The Kier molecular flexibility index (Phi) is 4.97. The highest BCUT2D eigenvalue weighted by Gasteiger charge is 2.30. The molecule has 0 spiro atoms. The maximum absolute atomic E-state index is 6.58. The Morgan fingerprint density at radius 1 is 1.10 bits per heavy atom. The van der Waals surface area contributed by atoms with Gasteiger partial charge in [0.05, 0.1) is 18.2 Å². The highest BCUT2D eigenvalue weighted by molar-refractivity contribution is 5.32. The van der Waals surface area contributed by atoms with E-state index in [9.17, 15) is 0 Å². The van der Waals surface area contributed by atoms with Gasteiger partial charge < -0.3 is 10.1 Å². The van der Waals surface area contributed by atoms with Gasteiger partial charge in [-0.25, -0.2) is 0 Å². The standard InChI is InChI=1S/C19H29NO/c1-14-7-5-10-16(13-14)21-18-12-6-9-15-8-3-4-11-17(15)19(18)20-2/h3-4,8,11,14,16,18-20H,5-7,9-10,12-13H2,1-2H3. The van der Waals surface area contributed by atoms with Gasteiger partial charge in [0.25, 0.3) is 0 Å². The first kappa shape index (κ1) is 15.1. The largest absolute Gasteiger partial charge is 0.373 e. The third kappa shape index (κ3) is 3.49. The van der Waals surface area contributed by atoms with Crippen LogP contribution in [0, 0.1) is 5.92 Å². The summed E-state index contributed by atoms with van der Waals surface area (Å²) in [4.78, 5) is 0. The van der Waals surface area contributed by atoms with Gasteiger partial charge in [-0.15, -0.1) is 0 Å². The Morgan fingerprint density at radius 2 is 1.95 bits per heavy atom. The average molecular weight is 287 g/mol. The lowest BCUT2D eigenvalue weighted by atomic mass is 9.88. The summed E-state index contributed by atoms with van der Waals surface area (Å²) in [6.07, 6.45) is 9.60. The second kappa shape index (κ2) is 6.93. The van der Waals surface area contributed by atoms with E-state index >= 15 is 0 Å². The fourth-order valence-electron chi connectivity index (χ4n) is 4.16. The highest BCUT2D eigenvalue weighted by atomic mass is 16.5. The number of nitrogens with one attached hydrogen (secondary N) is 1. The van der Waals surface area contributed by atoms with Gasteiger partial charge in [-0.05, 0) is 56.2 Å². The maximum Gasteiger partial charge on any atom is 0.0773 e. The molecule has 3 rings (SSSR count). The van der Waals surface area contributed by atoms with Crippen molar-refractivity contribution >= 4 is 0 Å². The lowest BCUT2D eigenvalue weighted by Gasteiger charge is -2.34. The number of aryl methyl sites for hydroxylation is 1. The molecule has 0 amide bonds. The lowest BCUT2D eigenvalue weighted by molar-refractivity contribution is -0.0571. The van der Waals surface area contributed by atoms with E-state index in [2.05, 4.69) is 43.6 Å². The van der Waals surface area contributed by atoms with E-state index in [0.29, 0.717) is 18.2 Å². The van der Waals surface area contributed by atoms with Crippen LogP contribution in [-0.4, -0.2) is 19.3 Å². The summed E-state index contributed by atoms with van der Waals surface area (Å²) in [6, 6.07) is 9.23. The van der Waals surface area contributed by atoms with Crippen LogP contribution < -0.4 is 5.32 Å². The minimum atomic E-state index is 0.328. The van der Waals surface area contributed by atoms with Gasteiger partial charge in [-0.1, -0.05) is 44.0 Å². The van der Waals surface area contributed by atoms with E-state index in [0.717, 1.165) is 5.92 Å². The van der Waals surface area contributed by atoms with Crippen molar-refractivity contribution in [3.63, 3.8) is 0 Å². The van der Waals surface area contributed by atoms with Crippen molar-refractivity contribution in [2.45, 2.75) is 70.1 Å². The first-order chi connectivity index (χ1) is 10.3. The Balaban J connectivity index is 1.75. The molecule has 1 saturated carbocycles. The van der Waals surface area contributed by atoms with E-state index in [1.165, 1.54) is 56.1 Å². The molecule has 0 aromatic heterocycles. The van der Waals surface area contributed by atoms with Crippen LogP contribution in [0.3, 0.4) is 0 Å². The normalized spacial score (nSPS) is 33.2. The zero-order valence-corrected chi connectivity index (χ0v) is 13.5. The molecule has 2 nitrogen and oxygen atoms in total. The SMILES string of the molecule is CNC1c2ccccc2CCCC1OC1CCCC(C)C1. The predicted molar refractivity (Wildman–Crippen MR) is 87.5 cm³/mol. The molecule has 0 saturated heterocycles. The first-order valence-corrected chi connectivity index (χ1v) is 8.68. The molecular formula is C19H29NO. The Bertz CT molecular complexity index is 459. The molecule has 0 aliphatic heterocycles. The van der Waals surface area contributed by atoms with E-state index in [1.54, 1.807) is 0 Å². The first-order valence-electron chi connectivity index (χ1n) is 8.68. The summed E-state index contributed by atoms with van der Waals surface area (Å²) in [5.74, 6) is 0.829. The molecule has 1 fully saturated rings. The molecule has 2 heteroatoms. The molecule has 21 heavy (non-hydrogen) atoms. The van der Waals surface area contributed by atoms with Crippen molar-refractivity contribution in [3.8, 4) is 0 Å². The highest BCUT2D eigenvalue weighted by Crippen LogP contribution is 2.34. The third-order valence-electron chi connectivity index (χ3n) is 5.26. The zero-order chi connectivity index (χ0) is 14.7. The van der Waals surface area contributed by atoms with Crippen LogP contribution in [0.1, 0.15) is 62.6 Å². The molecule has 1 N–H and O–H groups in total. The number of fused-ring (bicyclic) bond motifs is 1. The van der Waals surface area contributed by atoms with Crippen LogP contribution in [-0.2, 0) is 11.2 Å². The molecule has 2 aliphatic carbocycles. The second-order valence-electron chi connectivity index (χ2n) is 6.93. The molecule has 0 bridgehead atoms. The molecule has 116 valence electrons. The van der Waals surface area contributed by atoms with Crippen molar-refractivity contribution < 1.29 is 4.74 Å². The van der Waals surface area contributed by atoms with Gasteiger partial charge in [0, 0.05) is 0 Å². The molecule has 2 aliphatic rings. The second-order valence-corrected chi connectivity index (χ2v) is 6.93. The summed E-state index contributed by atoms with van der Waals surface area (Å²) in [6.45, 7) is 2.37. The van der Waals surface area contributed by atoms with Crippen molar-refractivity contribution in [3.05, 3.63) is 35.4 Å². The zero-order valence-electron chi connectivity index (χ0n) is 13.5. The number of ether oxygens (including phenoxy) is 1. The van der Waals surface area contributed by atoms with Crippen molar-refractivity contribution in [1.82, 2.24) is 5.32 Å². The summed E-state index contributed by atoms with van der Waals surface area (Å²) >= 11 is 0. The van der Waals surface area contributed by atoms with Gasteiger partial charge >= 0.3 is 0 Å². The number of hydrogen-bond donors (Lipinski definition) is 1. The molecular weight excluding hydrogens is 258 g/mol. The van der Waals surface area contributed by atoms with E-state index in [-0.39, 0.29) is 0 Å². The maximum atomic E-state index is 6.58. The van der Waals surface area contributed by atoms with Crippen LogP contribution in [0.4, 0.5) is 0 Å². The molecule has 0 radical (unpaired) electrons. The molecule has 4 atom stereocenters. The topological polar surface area (TPSA) is 21.3 Å². The molecule has 4 unspecified atom stereocenters.